The van der Waals surface area contributed by atoms with Crippen LogP contribution in [0.4, 0.5) is 0 Å². The Morgan fingerprint density at radius 1 is 1.33 bits per heavy atom. The number of unbranched alkanes of at least 4 members (excludes halogenated alkanes) is 1. The van der Waals surface area contributed by atoms with Crippen molar-refractivity contribution in [1.29, 1.82) is 0 Å². The van der Waals surface area contributed by atoms with Gasteiger partial charge in [0, 0.05) is 5.25 Å². The molecule has 0 heterocycles. The van der Waals surface area contributed by atoms with Gasteiger partial charge in [0.05, 0.1) is 6.10 Å². The maximum atomic E-state index is 9.65. The zero-order chi connectivity index (χ0) is 8.81. The Morgan fingerprint density at radius 3 is 2.75 bits per heavy atom. The molecule has 0 spiro atoms. The van der Waals surface area contributed by atoms with Gasteiger partial charge >= 0.3 is 0 Å². The monoisotopic (exact) mass is 188 g/mol. The van der Waals surface area contributed by atoms with Gasteiger partial charge in [-0.1, -0.05) is 26.2 Å². The van der Waals surface area contributed by atoms with E-state index in [1.165, 1.54) is 37.9 Å². The minimum atomic E-state index is -0.0133. The molecule has 1 fully saturated rings. The summed E-state index contributed by atoms with van der Waals surface area (Å²) in [4.78, 5) is 0. The number of rotatable bonds is 4. The first-order valence-corrected chi connectivity index (χ1v) is 6.19. The molecule has 0 amide bonds. The van der Waals surface area contributed by atoms with Crippen LogP contribution < -0.4 is 0 Å². The molecule has 0 saturated heterocycles. The number of hydrogen-bond acceptors (Lipinski definition) is 2. The van der Waals surface area contributed by atoms with E-state index in [1.807, 2.05) is 11.8 Å². The van der Waals surface area contributed by atoms with Crippen LogP contribution in [0.1, 0.15) is 45.4 Å². The molecule has 1 saturated carbocycles. The molecule has 1 nitrogen and oxygen atoms in total. The van der Waals surface area contributed by atoms with E-state index in [-0.39, 0.29) is 6.10 Å². The molecule has 2 heteroatoms. The molecule has 2 unspecified atom stereocenters. The lowest BCUT2D eigenvalue weighted by Crippen LogP contribution is -2.27. The predicted molar refractivity (Wildman–Crippen MR) is 55.6 cm³/mol. The van der Waals surface area contributed by atoms with E-state index in [0.717, 1.165) is 6.42 Å². The van der Waals surface area contributed by atoms with E-state index in [4.69, 9.17) is 0 Å². The molecular formula is C10H20OS. The molecule has 0 aromatic heterocycles. The second-order valence-electron chi connectivity index (χ2n) is 3.61. The van der Waals surface area contributed by atoms with E-state index in [9.17, 15) is 5.11 Å². The second-order valence-corrected chi connectivity index (χ2v) is 4.96. The van der Waals surface area contributed by atoms with Gasteiger partial charge < -0.3 is 5.11 Å². The van der Waals surface area contributed by atoms with Crippen molar-refractivity contribution in [3.05, 3.63) is 0 Å². The van der Waals surface area contributed by atoms with Gasteiger partial charge in [-0.2, -0.15) is 11.8 Å². The van der Waals surface area contributed by atoms with Crippen LogP contribution in [-0.2, 0) is 0 Å². The van der Waals surface area contributed by atoms with Crippen LogP contribution >= 0.6 is 11.8 Å². The quantitative estimate of drug-likeness (QED) is 0.685. The predicted octanol–water partition coefficient (Wildman–Crippen LogP) is 2.82. The molecule has 0 bridgehead atoms. The number of aliphatic hydroxyl groups is 1. The molecule has 12 heavy (non-hydrogen) atoms. The zero-order valence-corrected chi connectivity index (χ0v) is 8.78. The normalized spacial score (nSPS) is 30.5. The number of aliphatic hydroxyl groups excluding tert-OH is 1. The van der Waals surface area contributed by atoms with Crippen molar-refractivity contribution in [2.75, 3.05) is 5.75 Å². The maximum Gasteiger partial charge on any atom is 0.0658 e. The van der Waals surface area contributed by atoms with Crippen LogP contribution in [0.15, 0.2) is 0 Å². The van der Waals surface area contributed by atoms with E-state index >= 15 is 0 Å². The van der Waals surface area contributed by atoms with Gasteiger partial charge in [0.1, 0.15) is 0 Å². The first kappa shape index (κ1) is 10.4. The molecule has 1 N–H and O–H groups in total. The Labute approximate surface area is 79.9 Å². The fourth-order valence-corrected chi connectivity index (χ4v) is 3.10. The number of thioether (sulfide) groups is 1. The van der Waals surface area contributed by atoms with Crippen molar-refractivity contribution in [3.8, 4) is 0 Å². The Morgan fingerprint density at radius 2 is 2.08 bits per heavy atom. The summed E-state index contributed by atoms with van der Waals surface area (Å²) in [7, 11) is 0. The first-order valence-electron chi connectivity index (χ1n) is 5.14. The number of hydrogen-bond donors (Lipinski definition) is 1. The Hall–Kier alpha value is 0.310. The van der Waals surface area contributed by atoms with Crippen molar-refractivity contribution in [1.82, 2.24) is 0 Å². The van der Waals surface area contributed by atoms with Crippen LogP contribution in [0.2, 0.25) is 0 Å². The van der Waals surface area contributed by atoms with Crippen LogP contribution in [0.5, 0.6) is 0 Å². The highest BCUT2D eigenvalue weighted by Gasteiger charge is 2.22. The molecule has 1 aliphatic carbocycles. The first-order chi connectivity index (χ1) is 5.84. The van der Waals surface area contributed by atoms with Crippen LogP contribution in [0.25, 0.3) is 0 Å². The molecule has 0 aliphatic heterocycles. The summed E-state index contributed by atoms with van der Waals surface area (Å²) in [5.74, 6) is 1.23. The van der Waals surface area contributed by atoms with E-state index in [2.05, 4.69) is 6.92 Å². The minimum absolute atomic E-state index is 0.0133. The fraction of sp³-hybridized carbons (Fsp3) is 1.00. The van der Waals surface area contributed by atoms with Crippen molar-refractivity contribution >= 4 is 11.8 Å². The van der Waals surface area contributed by atoms with Gasteiger partial charge in [-0.05, 0) is 25.0 Å². The SMILES string of the molecule is CCCCSC1CCCCC1O. The largest absolute Gasteiger partial charge is 0.392 e. The van der Waals surface area contributed by atoms with Gasteiger partial charge in [0.15, 0.2) is 0 Å². The van der Waals surface area contributed by atoms with Crippen molar-refractivity contribution in [3.63, 3.8) is 0 Å². The Balaban J connectivity index is 2.11. The van der Waals surface area contributed by atoms with Crippen LogP contribution in [0.3, 0.4) is 0 Å². The molecule has 1 rings (SSSR count). The van der Waals surface area contributed by atoms with Gasteiger partial charge in [-0.15, -0.1) is 0 Å². The highest BCUT2D eigenvalue weighted by molar-refractivity contribution is 7.99. The van der Waals surface area contributed by atoms with Crippen molar-refractivity contribution in [2.24, 2.45) is 0 Å². The summed E-state index contributed by atoms with van der Waals surface area (Å²) < 4.78 is 0. The summed E-state index contributed by atoms with van der Waals surface area (Å²) >= 11 is 1.98. The average molecular weight is 188 g/mol. The topological polar surface area (TPSA) is 20.2 Å². The van der Waals surface area contributed by atoms with Crippen molar-refractivity contribution < 1.29 is 5.11 Å². The smallest absolute Gasteiger partial charge is 0.0658 e. The summed E-state index contributed by atoms with van der Waals surface area (Å²) in [6.07, 6.45) is 7.37. The summed E-state index contributed by atoms with van der Waals surface area (Å²) in [6.45, 7) is 2.22. The molecule has 2 atom stereocenters. The lowest BCUT2D eigenvalue weighted by Gasteiger charge is -2.26. The zero-order valence-electron chi connectivity index (χ0n) is 7.96. The van der Waals surface area contributed by atoms with E-state index < -0.39 is 0 Å². The lowest BCUT2D eigenvalue weighted by molar-refractivity contribution is 0.137. The average Bonchev–Trinajstić information content (AvgIpc) is 2.09. The summed E-state index contributed by atoms with van der Waals surface area (Å²) in [5, 5.41) is 10.2. The molecular weight excluding hydrogens is 168 g/mol. The van der Waals surface area contributed by atoms with Crippen LogP contribution in [0, 0.1) is 0 Å². The summed E-state index contributed by atoms with van der Waals surface area (Å²) in [6, 6.07) is 0. The third-order valence-corrected chi connectivity index (χ3v) is 4.00. The van der Waals surface area contributed by atoms with Gasteiger partial charge in [-0.3, -0.25) is 0 Å². The summed E-state index contributed by atoms with van der Waals surface area (Å²) in [5.41, 5.74) is 0. The van der Waals surface area contributed by atoms with Gasteiger partial charge in [0.25, 0.3) is 0 Å². The van der Waals surface area contributed by atoms with Gasteiger partial charge in [0.2, 0.25) is 0 Å². The van der Waals surface area contributed by atoms with Crippen LogP contribution in [-0.4, -0.2) is 22.2 Å². The second kappa shape index (κ2) is 5.87. The third kappa shape index (κ3) is 3.36. The fourth-order valence-electron chi connectivity index (χ4n) is 1.65. The van der Waals surface area contributed by atoms with Crippen molar-refractivity contribution in [2.45, 2.75) is 56.8 Å². The molecule has 1 aliphatic rings. The van der Waals surface area contributed by atoms with Gasteiger partial charge in [-0.25, -0.2) is 0 Å². The van der Waals surface area contributed by atoms with E-state index in [1.54, 1.807) is 0 Å². The Kier molecular flexibility index (Phi) is 5.08. The highest BCUT2D eigenvalue weighted by Crippen LogP contribution is 2.29. The standard InChI is InChI=1S/C10H20OS/c1-2-3-8-12-10-7-5-4-6-9(10)11/h9-11H,2-8H2,1H3. The molecule has 0 aromatic carbocycles. The lowest BCUT2D eigenvalue weighted by atomic mass is 9.97. The highest BCUT2D eigenvalue weighted by atomic mass is 32.2. The molecule has 0 radical (unpaired) electrons. The van der Waals surface area contributed by atoms with E-state index in [0.29, 0.717) is 5.25 Å². The third-order valence-electron chi connectivity index (χ3n) is 2.50. The maximum absolute atomic E-state index is 9.65. The minimum Gasteiger partial charge on any atom is -0.392 e. The molecule has 72 valence electrons. The Bertz CT molecular complexity index is 116. The molecule has 0 aromatic rings.